The third kappa shape index (κ3) is 4.34. The van der Waals surface area contributed by atoms with Crippen LogP contribution in [0.5, 0.6) is 0 Å². The van der Waals surface area contributed by atoms with Gasteiger partial charge in [0.15, 0.2) is 11.5 Å². The molecule has 1 aromatic heterocycles. The van der Waals surface area contributed by atoms with Crippen LogP contribution in [0.15, 0.2) is 59.0 Å². The molecule has 0 bridgehead atoms. The number of ketones is 1. The van der Waals surface area contributed by atoms with Crippen LogP contribution >= 0.6 is 0 Å². The highest BCUT2D eigenvalue weighted by Crippen LogP contribution is 2.21. The number of piperidine rings is 1. The van der Waals surface area contributed by atoms with Crippen LogP contribution in [0, 0.1) is 0 Å². The number of para-hydroxylation sites is 1. The van der Waals surface area contributed by atoms with Crippen molar-refractivity contribution in [1.29, 1.82) is 0 Å². The van der Waals surface area contributed by atoms with Gasteiger partial charge in [-0.1, -0.05) is 18.2 Å². The maximum atomic E-state index is 12.7. The van der Waals surface area contributed by atoms with E-state index >= 15 is 0 Å². The molecule has 1 saturated heterocycles. The van der Waals surface area contributed by atoms with Gasteiger partial charge in [0.2, 0.25) is 0 Å². The molecule has 0 radical (unpaired) electrons. The number of anilines is 1. The van der Waals surface area contributed by atoms with E-state index in [4.69, 9.17) is 4.42 Å². The van der Waals surface area contributed by atoms with E-state index in [2.05, 4.69) is 12.2 Å². The summed E-state index contributed by atoms with van der Waals surface area (Å²) in [5.74, 6) is 0.466. The summed E-state index contributed by atoms with van der Waals surface area (Å²) in [6.07, 6.45) is 3.69. The highest BCUT2D eigenvalue weighted by Gasteiger charge is 2.24. The van der Waals surface area contributed by atoms with Crippen molar-refractivity contribution in [2.75, 3.05) is 18.4 Å². The molecule has 2 heterocycles. The second-order valence-electron chi connectivity index (χ2n) is 7.67. The quantitative estimate of drug-likeness (QED) is 0.593. The van der Waals surface area contributed by atoms with Crippen molar-refractivity contribution in [2.24, 2.45) is 0 Å². The second-order valence-corrected chi connectivity index (χ2v) is 7.67. The maximum absolute atomic E-state index is 12.7. The fourth-order valence-corrected chi connectivity index (χ4v) is 3.86. The summed E-state index contributed by atoms with van der Waals surface area (Å²) < 4.78 is 5.62. The van der Waals surface area contributed by atoms with E-state index in [0.29, 0.717) is 30.3 Å². The molecule has 0 saturated carbocycles. The first-order valence-electron chi connectivity index (χ1n) is 10.3. The molecule has 5 heteroatoms. The fraction of sp³-hybridized carbons (Fsp3) is 0.333. The number of hydrogen-bond donors (Lipinski definition) is 1. The summed E-state index contributed by atoms with van der Waals surface area (Å²) in [7, 11) is 0. The molecule has 1 fully saturated rings. The number of nitrogens with zero attached hydrogens (tertiary/aromatic N) is 1. The summed E-state index contributed by atoms with van der Waals surface area (Å²) in [5.41, 5.74) is 2.33. The van der Waals surface area contributed by atoms with Crippen molar-refractivity contribution in [3.8, 4) is 0 Å². The molecular formula is C24H26N2O3. The van der Waals surface area contributed by atoms with E-state index in [1.54, 1.807) is 6.07 Å². The molecular weight excluding hydrogens is 364 g/mol. The Labute approximate surface area is 170 Å². The predicted molar refractivity (Wildman–Crippen MR) is 114 cm³/mol. The SMILES string of the molecule is C[C@@H]1CCCCN1C(=O)c1ccc(NCCC(=O)c2cc3ccccc3o2)cc1. The number of Topliss-reactive ketones (excluding diaryl/α,β-unsaturated/α-hetero) is 1. The van der Waals surface area contributed by atoms with Gasteiger partial charge in [0, 0.05) is 42.2 Å². The van der Waals surface area contributed by atoms with Gasteiger partial charge < -0.3 is 14.6 Å². The predicted octanol–water partition coefficient (Wildman–Crippen LogP) is 5.13. The summed E-state index contributed by atoms with van der Waals surface area (Å²) in [6, 6.07) is 17.2. The molecule has 1 atom stereocenters. The van der Waals surface area contributed by atoms with E-state index in [0.717, 1.165) is 36.0 Å². The highest BCUT2D eigenvalue weighted by molar-refractivity contribution is 5.98. The van der Waals surface area contributed by atoms with Crippen molar-refractivity contribution < 1.29 is 14.0 Å². The summed E-state index contributed by atoms with van der Waals surface area (Å²) >= 11 is 0. The lowest BCUT2D eigenvalue weighted by atomic mass is 10.0. The van der Waals surface area contributed by atoms with Gasteiger partial charge in [-0.15, -0.1) is 0 Å². The van der Waals surface area contributed by atoms with Gasteiger partial charge in [-0.3, -0.25) is 9.59 Å². The molecule has 5 nitrogen and oxygen atoms in total. The van der Waals surface area contributed by atoms with Crippen LogP contribution in [-0.4, -0.2) is 35.7 Å². The molecule has 2 aromatic carbocycles. The van der Waals surface area contributed by atoms with Crippen LogP contribution in [0.1, 0.15) is 53.5 Å². The molecule has 0 spiro atoms. The third-order valence-corrected chi connectivity index (χ3v) is 5.58. The first-order chi connectivity index (χ1) is 14.1. The molecule has 29 heavy (non-hydrogen) atoms. The average Bonchev–Trinajstić information content (AvgIpc) is 3.18. The Hall–Kier alpha value is -3.08. The second kappa shape index (κ2) is 8.52. The summed E-state index contributed by atoms with van der Waals surface area (Å²) in [5, 5.41) is 4.18. The topological polar surface area (TPSA) is 62.6 Å². The Morgan fingerprint density at radius 1 is 1.10 bits per heavy atom. The molecule has 3 aromatic rings. The van der Waals surface area contributed by atoms with Crippen molar-refractivity contribution in [1.82, 2.24) is 4.90 Å². The van der Waals surface area contributed by atoms with Gasteiger partial charge in [-0.2, -0.15) is 0 Å². The van der Waals surface area contributed by atoms with Crippen molar-refractivity contribution in [2.45, 2.75) is 38.6 Å². The Balaban J connectivity index is 1.31. The zero-order valence-electron chi connectivity index (χ0n) is 16.7. The van der Waals surface area contributed by atoms with Crippen LogP contribution in [0.25, 0.3) is 11.0 Å². The minimum Gasteiger partial charge on any atom is -0.453 e. The Morgan fingerprint density at radius 3 is 2.66 bits per heavy atom. The molecule has 1 aliphatic rings. The Morgan fingerprint density at radius 2 is 1.90 bits per heavy atom. The lowest BCUT2D eigenvalue weighted by Gasteiger charge is -2.33. The van der Waals surface area contributed by atoms with Crippen LogP contribution in [0.4, 0.5) is 5.69 Å². The molecule has 1 amide bonds. The van der Waals surface area contributed by atoms with E-state index in [-0.39, 0.29) is 11.7 Å². The number of carbonyl (C=O) groups excluding carboxylic acids is 2. The number of nitrogens with one attached hydrogen (secondary N) is 1. The van der Waals surface area contributed by atoms with Gasteiger partial charge >= 0.3 is 0 Å². The zero-order chi connectivity index (χ0) is 20.2. The zero-order valence-corrected chi connectivity index (χ0v) is 16.7. The molecule has 1 N–H and O–H groups in total. The Bertz CT molecular complexity index is 973. The summed E-state index contributed by atoms with van der Waals surface area (Å²) in [6.45, 7) is 3.46. The van der Waals surface area contributed by atoms with E-state index in [1.807, 2.05) is 53.4 Å². The standard InChI is InChI=1S/C24H26N2O3/c1-17-6-4-5-15-26(17)24(28)18-9-11-20(12-10-18)25-14-13-21(27)23-16-19-7-2-3-8-22(19)29-23/h2-3,7-12,16-17,25H,4-6,13-15H2,1H3/t17-/m1/s1. The van der Waals surface area contributed by atoms with Gasteiger partial charge in [0.05, 0.1) is 0 Å². The third-order valence-electron chi connectivity index (χ3n) is 5.58. The maximum Gasteiger partial charge on any atom is 0.254 e. The first kappa shape index (κ1) is 19.2. The largest absolute Gasteiger partial charge is 0.453 e. The number of amides is 1. The van der Waals surface area contributed by atoms with E-state index in [9.17, 15) is 9.59 Å². The summed E-state index contributed by atoms with van der Waals surface area (Å²) in [4.78, 5) is 27.0. The molecule has 150 valence electrons. The van der Waals surface area contributed by atoms with Crippen molar-refractivity contribution in [3.63, 3.8) is 0 Å². The van der Waals surface area contributed by atoms with Gasteiger partial charge in [-0.05, 0) is 62.6 Å². The van der Waals surface area contributed by atoms with Crippen LogP contribution in [-0.2, 0) is 0 Å². The van der Waals surface area contributed by atoms with Crippen LogP contribution in [0.3, 0.4) is 0 Å². The number of furan rings is 1. The number of hydrogen-bond acceptors (Lipinski definition) is 4. The van der Waals surface area contributed by atoms with E-state index < -0.39 is 0 Å². The number of fused-ring (bicyclic) bond motifs is 1. The van der Waals surface area contributed by atoms with Gasteiger partial charge in [0.25, 0.3) is 5.91 Å². The van der Waals surface area contributed by atoms with Crippen molar-refractivity contribution in [3.05, 3.63) is 65.9 Å². The van der Waals surface area contributed by atoms with Crippen LogP contribution in [0.2, 0.25) is 0 Å². The first-order valence-corrected chi connectivity index (χ1v) is 10.3. The van der Waals surface area contributed by atoms with Gasteiger partial charge in [-0.25, -0.2) is 0 Å². The highest BCUT2D eigenvalue weighted by atomic mass is 16.3. The van der Waals surface area contributed by atoms with Gasteiger partial charge in [0.1, 0.15) is 5.58 Å². The normalized spacial score (nSPS) is 16.7. The number of rotatable bonds is 6. The lowest BCUT2D eigenvalue weighted by molar-refractivity contribution is 0.0635. The Kier molecular flexibility index (Phi) is 5.65. The number of benzene rings is 2. The van der Waals surface area contributed by atoms with Crippen molar-refractivity contribution >= 4 is 28.3 Å². The number of likely N-dealkylation sites (tertiary alicyclic amines) is 1. The fourth-order valence-electron chi connectivity index (χ4n) is 3.86. The lowest BCUT2D eigenvalue weighted by Crippen LogP contribution is -2.41. The number of carbonyl (C=O) groups is 2. The average molecular weight is 390 g/mol. The molecule has 1 aliphatic heterocycles. The minimum atomic E-state index is -0.0282. The smallest absolute Gasteiger partial charge is 0.254 e. The molecule has 4 rings (SSSR count). The molecule has 0 unspecified atom stereocenters. The monoisotopic (exact) mass is 390 g/mol. The minimum absolute atomic E-state index is 0.0282. The molecule has 0 aliphatic carbocycles. The van der Waals surface area contributed by atoms with E-state index in [1.165, 1.54) is 6.42 Å². The van der Waals surface area contributed by atoms with Crippen LogP contribution < -0.4 is 5.32 Å².